The molecule has 1 amide bonds. The van der Waals surface area contributed by atoms with E-state index in [0.717, 1.165) is 19.4 Å². The molecule has 3 nitrogen and oxygen atoms in total. The summed E-state index contributed by atoms with van der Waals surface area (Å²) in [5, 5.41) is 0. The summed E-state index contributed by atoms with van der Waals surface area (Å²) in [6.07, 6.45) is 2.00. The van der Waals surface area contributed by atoms with Gasteiger partial charge in [0.1, 0.15) is 5.82 Å². The second-order valence-electron chi connectivity index (χ2n) is 4.99. The predicted octanol–water partition coefficient (Wildman–Crippen LogP) is 2.03. The van der Waals surface area contributed by atoms with Crippen molar-refractivity contribution < 1.29 is 9.18 Å². The third-order valence-corrected chi connectivity index (χ3v) is 3.53. The Morgan fingerprint density at radius 1 is 1.39 bits per heavy atom. The molecule has 1 fully saturated rings. The Morgan fingerprint density at radius 3 is 2.67 bits per heavy atom. The quantitative estimate of drug-likeness (QED) is 0.873. The average molecular weight is 250 g/mol. The van der Waals surface area contributed by atoms with E-state index in [1.54, 1.807) is 4.90 Å². The summed E-state index contributed by atoms with van der Waals surface area (Å²) < 4.78 is 12.8. The van der Waals surface area contributed by atoms with Gasteiger partial charge in [-0.05, 0) is 36.6 Å². The zero-order valence-electron chi connectivity index (χ0n) is 10.6. The van der Waals surface area contributed by atoms with Crippen LogP contribution in [0.2, 0.25) is 0 Å². The number of rotatable bonds is 2. The maximum Gasteiger partial charge on any atom is 0.253 e. The molecular weight excluding hydrogens is 231 g/mol. The molecule has 0 saturated carbocycles. The highest BCUT2D eigenvalue weighted by atomic mass is 19.1. The summed E-state index contributed by atoms with van der Waals surface area (Å²) in [6, 6.07) is 5.73. The number of hydrogen-bond acceptors (Lipinski definition) is 2. The zero-order chi connectivity index (χ0) is 13.1. The van der Waals surface area contributed by atoms with Gasteiger partial charge in [0, 0.05) is 24.7 Å². The number of amides is 1. The third kappa shape index (κ3) is 2.88. The fourth-order valence-corrected chi connectivity index (χ4v) is 2.48. The van der Waals surface area contributed by atoms with Gasteiger partial charge < -0.3 is 10.6 Å². The van der Waals surface area contributed by atoms with E-state index in [4.69, 9.17) is 5.73 Å². The van der Waals surface area contributed by atoms with Crippen LogP contribution in [0.15, 0.2) is 24.3 Å². The van der Waals surface area contributed by atoms with Gasteiger partial charge in [0.2, 0.25) is 0 Å². The van der Waals surface area contributed by atoms with Crippen LogP contribution in [-0.4, -0.2) is 29.9 Å². The van der Waals surface area contributed by atoms with E-state index >= 15 is 0 Å². The average Bonchev–Trinajstić information content (AvgIpc) is 2.38. The molecule has 18 heavy (non-hydrogen) atoms. The maximum absolute atomic E-state index is 12.8. The van der Waals surface area contributed by atoms with Crippen molar-refractivity contribution in [2.24, 2.45) is 11.7 Å². The number of nitrogens with two attached hydrogens (primary N) is 1. The van der Waals surface area contributed by atoms with Crippen LogP contribution in [0.25, 0.3) is 0 Å². The van der Waals surface area contributed by atoms with E-state index in [1.165, 1.54) is 24.3 Å². The molecule has 2 atom stereocenters. The van der Waals surface area contributed by atoms with Crippen molar-refractivity contribution in [2.45, 2.75) is 25.8 Å². The van der Waals surface area contributed by atoms with Gasteiger partial charge in [0.15, 0.2) is 0 Å². The number of piperidine rings is 1. The van der Waals surface area contributed by atoms with Crippen molar-refractivity contribution in [3.63, 3.8) is 0 Å². The summed E-state index contributed by atoms with van der Waals surface area (Å²) in [5.74, 6) is 0.0927. The zero-order valence-corrected chi connectivity index (χ0v) is 10.6. The lowest BCUT2D eigenvalue weighted by Crippen LogP contribution is -2.49. The lowest BCUT2D eigenvalue weighted by Gasteiger charge is -2.36. The molecule has 98 valence electrons. The molecule has 1 aromatic carbocycles. The molecular formula is C14H19FN2O. The Bertz CT molecular complexity index is 418. The van der Waals surface area contributed by atoms with Crippen LogP contribution in [0, 0.1) is 11.7 Å². The van der Waals surface area contributed by atoms with Gasteiger partial charge in [-0.3, -0.25) is 4.79 Å². The molecule has 1 aromatic rings. The van der Waals surface area contributed by atoms with Gasteiger partial charge in [-0.2, -0.15) is 0 Å². The first kappa shape index (κ1) is 13.0. The van der Waals surface area contributed by atoms with Gasteiger partial charge in [0.25, 0.3) is 5.91 Å². The van der Waals surface area contributed by atoms with E-state index in [9.17, 15) is 9.18 Å². The van der Waals surface area contributed by atoms with Crippen LogP contribution in [-0.2, 0) is 0 Å². The molecule has 2 N–H and O–H groups in total. The minimum Gasteiger partial charge on any atom is -0.337 e. The molecule has 0 spiro atoms. The van der Waals surface area contributed by atoms with Crippen molar-refractivity contribution >= 4 is 5.91 Å². The number of carbonyl (C=O) groups excluding carboxylic acids is 1. The van der Waals surface area contributed by atoms with Crippen molar-refractivity contribution in [3.05, 3.63) is 35.6 Å². The SMILES string of the molecule is CCC1CC(N)CN(C(=O)c2ccc(F)cc2)C1. The van der Waals surface area contributed by atoms with Crippen molar-refractivity contribution in [3.8, 4) is 0 Å². The maximum atomic E-state index is 12.8. The number of benzene rings is 1. The molecule has 0 radical (unpaired) electrons. The first-order valence-corrected chi connectivity index (χ1v) is 6.40. The highest BCUT2D eigenvalue weighted by Crippen LogP contribution is 2.20. The molecule has 4 heteroatoms. The molecule has 1 aliphatic rings. The summed E-state index contributed by atoms with van der Waals surface area (Å²) >= 11 is 0. The van der Waals surface area contributed by atoms with E-state index in [0.29, 0.717) is 18.0 Å². The van der Waals surface area contributed by atoms with Gasteiger partial charge >= 0.3 is 0 Å². The van der Waals surface area contributed by atoms with E-state index in [2.05, 4.69) is 6.92 Å². The Labute approximate surface area is 107 Å². The van der Waals surface area contributed by atoms with Crippen molar-refractivity contribution in [1.29, 1.82) is 0 Å². The summed E-state index contributed by atoms with van der Waals surface area (Å²) in [6.45, 7) is 3.45. The fourth-order valence-electron chi connectivity index (χ4n) is 2.48. The molecule has 0 aliphatic carbocycles. The smallest absolute Gasteiger partial charge is 0.253 e. The second-order valence-corrected chi connectivity index (χ2v) is 4.99. The minimum atomic E-state index is -0.326. The Morgan fingerprint density at radius 2 is 2.06 bits per heavy atom. The molecule has 1 aliphatic heterocycles. The van der Waals surface area contributed by atoms with Crippen molar-refractivity contribution in [2.75, 3.05) is 13.1 Å². The van der Waals surface area contributed by atoms with E-state index in [-0.39, 0.29) is 17.8 Å². The standard InChI is InChI=1S/C14H19FN2O/c1-2-10-7-13(16)9-17(8-10)14(18)11-3-5-12(15)6-4-11/h3-6,10,13H,2,7-9,16H2,1H3. The van der Waals surface area contributed by atoms with Crippen LogP contribution in [0.1, 0.15) is 30.1 Å². The number of nitrogens with zero attached hydrogens (tertiary/aromatic N) is 1. The molecule has 0 bridgehead atoms. The third-order valence-electron chi connectivity index (χ3n) is 3.53. The van der Waals surface area contributed by atoms with Crippen LogP contribution in [0.4, 0.5) is 4.39 Å². The van der Waals surface area contributed by atoms with Gasteiger partial charge in [-0.15, -0.1) is 0 Å². The fraction of sp³-hybridized carbons (Fsp3) is 0.500. The Hall–Kier alpha value is -1.42. The number of halogens is 1. The monoisotopic (exact) mass is 250 g/mol. The van der Waals surface area contributed by atoms with Gasteiger partial charge in [0.05, 0.1) is 0 Å². The lowest BCUT2D eigenvalue weighted by atomic mass is 9.92. The van der Waals surface area contributed by atoms with Crippen LogP contribution < -0.4 is 5.73 Å². The minimum absolute atomic E-state index is 0.0492. The second kappa shape index (κ2) is 5.48. The van der Waals surface area contributed by atoms with Crippen molar-refractivity contribution in [1.82, 2.24) is 4.90 Å². The molecule has 1 heterocycles. The molecule has 1 saturated heterocycles. The Balaban J connectivity index is 2.10. The molecule has 2 unspecified atom stereocenters. The normalized spacial score (nSPS) is 24.1. The van der Waals surface area contributed by atoms with Crippen LogP contribution >= 0.6 is 0 Å². The van der Waals surface area contributed by atoms with Crippen LogP contribution in [0.3, 0.4) is 0 Å². The highest BCUT2D eigenvalue weighted by molar-refractivity contribution is 5.94. The summed E-state index contributed by atoms with van der Waals surface area (Å²) in [5.41, 5.74) is 6.51. The highest BCUT2D eigenvalue weighted by Gasteiger charge is 2.27. The van der Waals surface area contributed by atoms with Crippen LogP contribution in [0.5, 0.6) is 0 Å². The molecule has 2 rings (SSSR count). The summed E-state index contributed by atoms with van der Waals surface area (Å²) in [7, 11) is 0. The van der Waals surface area contributed by atoms with E-state index in [1.807, 2.05) is 0 Å². The summed E-state index contributed by atoms with van der Waals surface area (Å²) in [4.78, 5) is 14.1. The first-order chi connectivity index (χ1) is 8.60. The van der Waals surface area contributed by atoms with E-state index < -0.39 is 0 Å². The number of hydrogen-bond donors (Lipinski definition) is 1. The topological polar surface area (TPSA) is 46.3 Å². The Kier molecular flexibility index (Phi) is 3.97. The largest absolute Gasteiger partial charge is 0.337 e. The number of likely N-dealkylation sites (tertiary alicyclic amines) is 1. The van der Waals surface area contributed by atoms with Gasteiger partial charge in [-0.1, -0.05) is 13.3 Å². The number of carbonyl (C=O) groups is 1. The van der Waals surface area contributed by atoms with Gasteiger partial charge in [-0.25, -0.2) is 4.39 Å². The molecule has 0 aromatic heterocycles. The first-order valence-electron chi connectivity index (χ1n) is 6.40. The lowest BCUT2D eigenvalue weighted by molar-refractivity contribution is 0.0647. The predicted molar refractivity (Wildman–Crippen MR) is 68.7 cm³/mol.